The second-order valence-corrected chi connectivity index (χ2v) is 3.70. The van der Waals surface area contributed by atoms with Gasteiger partial charge in [-0.3, -0.25) is 9.59 Å². The molecule has 0 rings (SSSR count). The summed E-state index contributed by atoms with van der Waals surface area (Å²) in [5.41, 5.74) is 9.98. The lowest BCUT2D eigenvalue weighted by Crippen LogP contribution is -2.33. The maximum atomic E-state index is 10.1. The van der Waals surface area contributed by atoms with Crippen LogP contribution in [-0.2, 0) is 9.59 Å². The molecule has 0 aromatic carbocycles. The molecule has 0 aromatic rings. The molecule has 0 heterocycles. The number of aliphatic hydroxyl groups is 1. The molecule has 7 heteroatoms. The van der Waals surface area contributed by atoms with Gasteiger partial charge in [0, 0.05) is 0 Å². The van der Waals surface area contributed by atoms with Gasteiger partial charge in [-0.2, -0.15) is 0 Å². The first-order valence-corrected chi connectivity index (χ1v) is 4.80. The van der Waals surface area contributed by atoms with Crippen molar-refractivity contribution in [1.29, 1.82) is 0 Å². The number of carboxylic acids is 2. The number of rotatable bonds is 5. The molecule has 0 amide bonds. The fourth-order valence-electron chi connectivity index (χ4n) is 0.687. The van der Waals surface area contributed by atoms with E-state index in [-0.39, 0.29) is 0 Å². The van der Waals surface area contributed by atoms with Crippen LogP contribution in [0.4, 0.5) is 0 Å². The average molecular weight is 236 g/mol. The SMILES string of the molecule is CC(C)CC(N)C(=O)O.NC(CO)C(=O)O. The van der Waals surface area contributed by atoms with Crippen LogP contribution in [-0.4, -0.2) is 45.9 Å². The molecule has 0 aliphatic rings. The molecule has 0 fully saturated rings. The van der Waals surface area contributed by atoms with E-state index in [2.05, 4.69) is 0 Å². The van der Waals surface area contributed by atoms with Crippen molar-refractivity contribution in [1.82, 2.24) is 0 Å². The highest BCUT2D eigenvalue weighted by Crippen LogP contribution is 2.01. The summed E-state index contributed by atoms with van der Waals surface area (Å²) in [5.74, 6) is -1.73. The first-order chi connectivity index (χ1) is 7.22. The highest BCUT2D eigenvalue weighted by molar-refractivity contribution is 5.73. The summed E-state index contributed by atoms with van der Waals surface area (Å²) in [6, 6.07) is -1.81. The van der Waals surface area contributed by atoms with Gasteiger partial charge in [-0.1, -0.05) is 13.8 Å². The standard InChI is InChI=1S/C6H13NO2.C3H7NO3/c1-4(2)3-5(7)6(8)9;4-2(1-5)3(6)7/h4-5H,3,7H2,1-2H3,(H,8,9);2,5H,1,4H2,(H,6,7). The van der Waals surface area contributed by atoms with Gasteiger partial charge in [0.05, 0.1) is 6.61 Å². The zero-order chi connectivity index (χ0) is 13.3. The van der Waals surface area contributed by atoms with Crippen LogP contribution in [0.15, 0.2) is 0 Å². The number of aliphatic carboxylic acids is 2. The van der Waals surface area contributed by atoms with Crippen molar-refractivity contribution in [2.45, 2.75) is 32.4 Å². The number of nitrogens with two attached hydrogens (primary N) is 2. The molecule has 96 valence electrons. The van der Waals surface area contributed by atoms with Crippen LogP contribution < -0.4 is 11.5 Å². The summed E-state index contributed by atoms with van der Waals surface area (Å²) in [6.45, 7) is 3.39. The fraction of sp³-hybridized carbons (Fsp3) is 0.778. The van der Waals surface area contributed by atoms with Crippen molar-refractivity contribution < 1.29 is 24.9 Å². The lowest BCUT2D eigenvalue weighted by Gasteiger charge is -2.07. The molecule has 7 nitrogen and oxygen atoms in total. The van der Waals surface area contributed by atoms with E-state index < -0.39 is 30.6 Å². The molecular formula is C9H20N2O5. The molecule has 0 aliphatic heterocycles. The molecular weight excluding hydrogens is 216 g/mol. The number of aliphatic hydroxyl groups excluding tert-OH is 1. The van der Waals surface area contributed by atoms with Crippen LogP contribution in [0.2, 0.25) is 0 Å². The second kappa shape index (κ2) is 9.08. The minimum absolute atomic E-state index is 0.357. The largest absolute Gasteiger partial charge is 0.480 e. The zero-order valence-electron chi connectivity index (χ0n) is 9.46. The van der Waals surface area contributed by atoms with E-state index in [9.17, 15) is 9.59 Å². The lowest BCUT2D eigenvalue weighted by molar-refractivity contribution is -0.140. The van der Waals surface area contributed by atoms with Gasteiger partial charge in [0.25, 0.3) is 0 Å². The van der Waals surface area contributed by atoms with E-state index >= 15 is 0 Å². The van der Waals surface area contributed by atoms with E-state index in [4.69, 9.17) is 26.8 Å². The van der Waals surface area contributed by atoms with Gasteiger partial charge in [0.2, 0.25) is 0 Å². The third-order valence-electron chi connectivity index (χ3n) is 1.56. The van der Waals surface area contributed by atoms with Gasteiger partial charge in [-0.15, -0.1) is 0 Å². The third-order valence-corrected chi connectivity index (χ3v) is 1.56. The predicted molar refractivity (Wildman–Crippen MR) is 57.8 cm³/mol. The minimum atomic E-state index is -1.18. The van der Waals surface area contributed by atoms with Crippen LogP contribution >= 0.6 is 0 Å². The van der Waals surface area contributed by atoms with Crippen LogP contribution in [0.3, 0.4) is 0 Å². The summed E-state index contributed by atoms with van der Waals surface area (Å²) in [6.07, 6.45) is 0.551. The Bertz CT molecular complexity index is 220. The van der Waals surface area contributed by atoms with E-state index in [1.54, 1.807) is 0 Å². The van der Waals surface area contributed by atoms with Gasteiger partial charge in [-0.25, -0.2) is 0 Å². The van der Waals surface area contributed by atoms with E-state index in [1.807, 2.05) is 13.8 Å². The molecule has 0 radical (unpaired) electrons. The van der Waals surface area contributed by atoms with Crippen molar-refractivity contribution >= 4 is 11.9 Å². The molecule has 0 spiro atoms. The van der Waals surface area contributed by atoms with E-state index in [0.29, 0.717) is 12.3 Å². The van der Waals surface area contributed by atoms with Gasteiger partial charge in [0.1, 0.15) is 12.1 Å². The van der Waals surface area contributed by atoms with Crippen LogP contribution in [0.5, 0.6) is 0 Å². The summed E-state index contributed by atoms with van der Waals surface area (Å²) >= 11 is 0. The Morgan fingerprint density at radius 2 is 1.44 bits per heavy atom. The molecule has 0 aromatic heterocycles. The van der Waals surface area contributed by atoms with Crippen LogP contribution in [0, 0.1) is 5.92 Å². The van der Waals surface area contributed by atoms with E-state index in [0.717, 1.165) is 0 Å². The summed E-state index contributed by atoms with van der Waals surface area (Å²) in [7, 11) is 0. The molecule has 7 N–H and O–H groups in total. The van der Waals surface area contributed by atoms with Crippen molar-refractivity contribution in [3.63, 3.8) is 0 Å². The maximum absolute atomic E-state index is 10.1. The second-order valence-electron chi connectivity index (χ2n) is 3.70. The summed E-state index contributed by atoms with van der Waals surface area (Å²) in [4.78, 5) is 19.8. The summed E-state index contributed by atoms with van der Waals surface area (Å²) < 4.78 is 0. The summed E-state index contributed by atoms with van der Waals surface area (Å²) in [5, 5.41) is 24.2. The van der Waals surface area contributed by atoms with Crippen molar-refractivity contribution in [2.75, 3.05) is 6.61 Å². The Kier molecular flexibility index (Phi) is 9.77. The van der Waals surface area contributed by atoms with E-state index in [1.165, 1.54) is 0 Å². The smallest absolute Gasteiger partial charge is 0.322 e. The quantitative estimate of drug-likeness (QED) is 0.404. The highest BCUT2D eigenvalue weighted by atomic mass is 16.4. The topological polar surface area (TPSA) is 147 Å². The molecule has 2 atom stereocenters. The Hall–Kier alpha value is -1.18. The molecule has 2 unspecified atom stereocenters. The Labute approximate surface area is 94.1 Å². The van der Waals surface area contributed by atoms with Crippen LogP contribution in [0.1, 0.15) is 20.3 Å². The van der Waals surface area contributed by atoms with Crippen molar-refractivity contribution in [2.24, 2.45) is 17.4 Å². The highest BCUT2D eigenvalue weighted by Gasteiger charge is 2.11. The number of hydrogen-bond acceptors (Lipinski definition) is 5. The van der Waals surface area contributed by atoms with Crippen molar-refractivity contribution in [3.8, 4) is 0 Å². The zero-order valence-corrected chi connectivity index (χ0v) is 9.46. The van der Waals surface area contributed by atoms with Gasteiger partial charge >= 0.3 is 11.9 Å². The molecule has 0 bridgehead atoms. The minimum Gasteiger partial charge on any atom is -0.480 e. The van der Waals surface area contributed by atoms with Gasteiger partial charge in [0.15, 0.2) is 0 Å². The third kappa shape index (κ3) is 10.9. The monoisotopic (exact) mass is 236 g/mol. The number of hydrogen-bond donors (Lipinski definition) is 5. The van der Waals surface area contributed by atoms with Gasteiger partial charge < -0.3 is 26.8 Å². The van der Waals surface area contributed by atoms with Crippen LogP contribution in [0.25, 0.3) is 0 Å². The predicted octanol–water partition coefficient (Wildman–Crippen LogP) is -1.16. The Balaban J connectivity index is 0. The molecule has 0 aliphatic carbocycles. The number of carboxylic acid groups (broad SMARTS) is 2. The Morgan fingerprint density at radius 1 is 1.06 bits per heavy atom. The normalized spacial score (nSPS) is 13.6. The molecule has 0 saturated carbocycles. The van der Waals surface area contributed by atoms with Gasteiger partial charge in [-0.05, 0) is 12.3 Å². The van der Waals surface area contributed by atoms with Crippen molar-refractivity contribution in [3.05, 3.63) is 0 Å². The first-order valence-electron chi connectivity index (χ1n) is 4.80. The first kappa shape index (κ1) is 17.2. The number of carbonyl (C=O) groups is 2. The Morgan fingerprint density at radius 3 is 1.50 bits per heavy atom. The average Bonchev–Trinajstić information content (AvgIpc) is 2.16. The fourth-order valence-corrected chi connectivity index (χ4v) is 0.687. The maximum Gasteiger partial charge on any atom is 0.322 e. The molecule has 16 heavy (non-hydrogen) atoms. The molecule has 0 saturated heterocycles. The lowest BCUT2D eigenvalue weighted by atomic mass is 10.1.